The molecule has 0 unspecified atom stereocenters. The Morgan fingerprint density at radius 2 is 1.59 bits per heavy atom. The maximum absolute atomic E-state index is 13.2. The largest absolute Gasteiger partial charge is 0.469 e. The van der Waals surface area contributed by atoms with Crippen LogP contribution in [0, 0.1) is 5.92 Å². The minimum absolute atomic E-state index is 0.0347. The zero-order chi connectivity index (χ0) is 28.8. The Morgan fingerprint density at radius 3 is 2.29 bits per heavy atom. The molecule has 1 heterocycles. The van der Waals surface area contributed by atoms with E-state index in [-0.39, 0.29) is 33.4 Å². The Kier molecular flexibility index (Phi) is 8.44. The second-order valence-corrected chi connectivity index (χ2v) is 11.8. The van der Waals surface area contributed by atoms with Crippen molar-refractivity contribution in [1.82, 2.24) is 10.2 Å². The Labute approximate surface area is 238 Å². The van der Waals surface area contributed by atoms with Crippen LogP contribution in [-0.4, -0.2) is 37.6 Å². The summed E-state index contributed by atoms with van der Waals surface area (Å²) in [5.74, 6) is -0.242. The van der Waals surface area contributed by atoms with Gasteiger partial charge in [-0.25, -0.2) is 8.42 Å². The van der Waals surface area contributed by atoms with E-state index in [1.165, 1.54) is 30.9 Å². The third kappa shape index (κ3) is 6.63. The lowest BCUT2D eigenvalue weighted by Crippen LogP contribution is -2.17. The Bertz CT molecular complexity index is 1610. The molecule has 1 amide bonds. The minimum atomic E-state index is -3.81. The number of hydrogen-bond donors (Lipinski definition) is 2. The van der Waals surface area contributed by atoms with E-state index < -0.39 is 15.7 Å². The highest BCUT2D eigenvalue weighted by molar-refractivity contribution is 7.91. The number of methoxy groups -OCH3 is 1. The molecule has 212 valence electrons. The Balaban J connectivity index is 1.20. The minimum Gasteiger partial charge on any atom is -0.469 e. The Morgan fingerprint density at radius 1 is 0.902 bits per heavy atom. The predicted molar refractivity (Wildman–Crippen MR) is 152 cm³/mol. The van der Waals surface area contributed by atoms with E-state index in [2.05, 4.69) is 20.8 Å². The summed E-state index contributed by atoms with van der Waals surface area (Å²) < 4.78 is 36.6. The van der Waals surface area contributed by atoms with E-state index in [0.29, 0.717) is 23.9 Å². The molecule has 1 saturated carbocycles. The van der Waals surface area contributed by atoms with Crippen molar-refractivity contribution in [2.45, 2.75) is 47.8 Å². The standard InChI is InChI=1S/C30H30N4O6S/c1-39-27(35)19-20-11-13-21(14-12-20)22-15-17-23(18-16-22)31-28(36)29-33-34-30(40-29)32-25-9-5-6-10-26(25)41(37,38)24-7-3-2-4-8-24/h2-10,15-18,20-21H,11-14,19H2,1H3,(H,31,36)(H,32,34). The number of carbonyl (C=O) groups is 2. The molecule has 1 aromatic heterocycles. The number of nitrogens with one attached hydrogen (secondary N) is 2. The van der Waals surface area contributed by atoms with Crippen molar-refractivity contribution in [2.24, 2.45) is 5.92 Å². The number of hydrogen-bond acceptors (Lipinski definition) is 9. The first-order valence-corrected chi connectivity index (χ1v) is 14.8. The molecule has 0 aliphatic heterocycles. The van der Waals surface area contributed by atoms with Crippen molar-refractivity contribution < 1.29 is 27.2 Å². The quantitative estimate of drug-likeness (QED) is 0.240. The zero-order valence-electron chi connectivity index (χ0n) is 22.4. The second kappa shape index (κ2) is 12.3. The molecule has 1 fully saturated rings. The lowest BCUT2D eigenvalue weighted by Gasteiger charge is -2.28. The Hall–Kier alpha value is -4.51. The fourth-order valence-corrected chi connectivity index (χ4v) is 6.49. The van der Waals surface area contributed by atoms with Crippen LogP contribution in [0.2, 0.25) is 0 Å². The first-order valence-electron chi connectivity index (χ1n) is 13.3. The fraction of sp³-hybridized carbons (Fsp3) is 0.267. The van der Waals surface area contributed by atoms with Gasteiger partial charge in [-0.1, -0.05) is 47.6 Å². The number of sulfone groups is 1. The van der Waals surface area contributed by atoms with Gasteiger partial charge in [-0.15, -0.1) is 5.10 Å². The van der Waals surface area contributed by atoms with Gasteiger partial charge in [0, 0.05) is 12.1 Å². The van der Waals surface area contributed by atoms with Crippen molar-refractivity contribution in [3.8, 4) is 0 Å². The number of anilines is 3. The van der Waals surface area contributed by atoms with Gasteiger partial charge in [0.05, 0.1) is 22.6 Å². The van der Waals surface area contributed by atoms with Gasteiger partial charge in [0.25, 0.3) is 0 Å². The molecule has 10 nitrogen and oxygen atoms in total. The number of carbonyl (C=O) groups excluding carboxylic acids is 2. The van der Waals surface area contributed by atoms with Crippen molar-refractivity contribution in [2.75, 3.05) is 17.7 Å². The number of amides is 1. The van der Waals surface area contributed by atoms with Gasteiger partial charge in [0.1, 0.15) is 0 Å². The summed E-state index contributed by atoms with van der Waals surface area (Å²) in [6.45, 7) is 0. The molecule has 0 atom stereocenters. The summed E-state index contributed by atoms with van der Waals surface area (Å²) >= 11 is 0. The molecule has 1 aliphatic carbocycles. The lowest BCUT2D eigenvalue weighted by molar-refractivity contribution is -0.142. The van der Waals surface area contributed by atoms with Crippen molar-refractivity contribution in [1.29, 1.82) is 0 Å². The third-order valence-electron chi connectivity index (χ3n) is 7.26. The maximum Gasteiger partial charge on any atom is 0.320 e. The van der Waals surface area contributed by atoms with Crippen LogP contribution < -0.4 is 10.6 Å². The van der Waals surface area contributed by atoms with Gasteiger partial charge < -0.3 is 19.8 Å². The van der Waals surface area contributed by atoms with Gasteiger partial charge >= 0.3 is 23.8 Å². The van der Waals surface area contributed by atoms with E-state index in [4.69, 9.17) is 9.15 Å². The third-order valence-corrected chi connectivity index (χ3v) is 9.09. The summed E-state index contributed by atoms with van der Waals surface area (Å²) in [6.07, 6.45) is 4.44. The van der Waals surface area contributed by atoms with Gasteiger partial charge in [0.2, 0.25) is 9.84 Å². The smallest absolute Gasteiger partial charge is 0.320 e. The van der Waals surface area contributed by atoms with Crippen molar-refractivity contribution in [3.63, 3.8) is 0 Å². The number of benzene rings is 3. The molecule has 1 aliphatic rings. The van der Waals surface area contributed by atoms with Gasteiger partial charge in [-0.2, -0.15) is 0 Å². The highest BCUT2D eigenvalue weighted by Gasteiger charge is 2.25. The number of nitrogens with zero attached hydrogens (tertiary/aromatic N) is 2. The topological polar surface area (TPSA) is 140 Å². The molecular formula is C30H30N4O6S. The average molecular weight is 575 g/mol. The normalized spacial score (nSPS) is 17.0. The van der Waals surface area contributed by atoms with Crippen LogP contribution >= 0.6 is 0 Å². The van der Waals surface area contributed by atoms with Gasteiger partial charge in [-0.3, -0.25) is 9.59 Å². The van der Waals surface area contributed by atoms with Crippen LogP contribution in [0.5, 0.6) is 0 Å². The summed E-state index contributed by atoms with van der Waals surface area (Å²) in [6, 6.07) is 22.0. The number of para-hydroxylation sites is 1. The summed E-state index contributed by atoms with van der Waals surface area (Å²) in [5.41, 5.74) is 2.00. The van der Waals surface area contributed by atoms with Gasteiger partial charge in [-0.05, 0) is 79.5 Å². The van der Waals surface area contributed by atoms with Gasteiger partial charge in [0.15, 0.2) is 0 Å². The van der Waals surface area contributed by atoms with Crippen molar-refractivity contribution in [3.05, 3.63) is 90.3 Å². The molecule has 5 rings (SSSR count). The zero-order valence-corrected chi connectivity index (χ0v) is 23.3. The lowest BCUT2D eigenvalue weighted by atomic mass is 9.77. The molecule has 4 aromatic rings. The van der Waals surface area contributed by atoms with E-state index >= 15 is 0 Å². The monoisotopic (exact) mass is 574 g/mol. The van der Waals surface area contributed by atoms with E-state index in [1.807, 2.05) is 24.3 Å². The van der Waals surface area contributed by atoms with Crippen molar-refractivity contribution >= 4 is 39.1 Å². The SMILES string of the molecule is COC(=O)CC1CCC(c2ccc(NC(=O)c3nnc(Nc4ccccc4S(=O)(=O)c4ccccc4)o3)cc2)CC1. The summed E-state index contributed by atoms with van der Waals surface area (Å²) in [4.78, 5) is 24.5. The molecule has 11 heteroatoms. The number of aromatic nitrogens is 2. The molecule has 3 aromatic carbocycles. The number of rotatable bonds is 9. The highest BCUT2D eigenvalue weighted by atomic mass is 32.2. The summed E-state index contributed by atoms with van der Waals surface area (Å²) in [7, 11) is -2.39. The number of esters is 1. The fourth-order valence-electron chi connectivity index (χ4n) is 5.05. The predicted octanol–water partition coefficient (Wildman–Crippen LogP) is 5.74. The summed E-state index contributed by atoms with van der Waals surface area (Å²) in [5, 5.41) is 13.2. The van der Waals surface area contributed by atoms with Crippen LogP contribution in [0.15, 0.2) is 93.1 Å². The highest BCUT2D eigenvalue weighted by Crippen LogP contribution is 2.37. The molecule has 2 N–H and O–H groups in total. The maximum atomic E-state index is 13.2. The molecule has 0 bridgehead atoms. The molecular weight excluding hydrogens is 544 g/mol. The van der Waals surface area contributed by atoms with E-state index in [9.17, 15) is 18.0 Å². The first-order chi connectivity index (χ1) is 19.8. The van der Waals surface area contributed by atoms with Crippen LogP contribution in [0.25, 0.3) is 0 Å². The second-order valence-electron chi connectivity index (χ2n) is 9.92. The first kappa shape index (κ1) is 28.0. The number of ether oxygens (including phenoxy) is 1. The van der Waals surface area contributed by atoms with Crippen LogP contribution in [-0.2, 0) is 19.4 Å². The average Bonchev–Trinajstić information content (AvgIpc) is 3.47. The molecule has 41 heavy (non-hydrogen) atoms. The van der Waals surface area contributed by atoms with E-state index in [0.717, 1.165) is 25.7 Å². The molecule has 0 spiro atoms. The van der Waals surface area contributed by atoms with E-state index in [1.54, 1.807) is 36.4 Å². The van der Waals surface area contributed by atoms with Crippen LogP contribution in [0.3, 0.4) is 0 Å². The molecule has 0 radical (unpaired) electrons. The van der Waals surface area contributed by atoms with Crippen LogP contribution in [0.1, 0.15) is 54.3 Å². The van der Waals surface area contributed by atoms with Crippen LogP contribution in [0.4, 0.5) is 17.4 Å². The molecule has 0 saturated heterocycles.